The van der Waals surface area contributed by atoms with Crippen molar-refractivity contribution in [1.29, 1.82) is 0 Å². The van der Waals surface area contributed by atoms with Crippen molar-refractivity contribution in [2.75, 3.05) is 131 Å². The minimum absolute atomic E-state index is 0.0429. The first-order chi connectivity index (χ1) is 48.5. The van der Waals surface area contributed by atoms with Gasteiger partial charge in [0.25, 0.3) is 0 Å². The van der Waals surface area contributed by atoms with Gasteiger partial charge < -0.3 is 48.2 Å². The number of benzene rings is 5. The molecule has 5 aromatic carbocycles. The van der Waals surface area contributed by atoms with Gasteiger partial charge in [-0.2, -0.15) is 0 Å². The molecule has 0 aliphatic carbocycles. The molecule has 0 saturated carbocycles. The van der Waals surface area contributed by atoms with Crippen molar-refractivity contribution in [2.24, 2.45) is 23.7 Å². The second-order valence-corrected chi connectivity index (χ2v) is 28.6. The maximum Gasteiger partial charge on any atom is 0.165 e. The molecule has 2 atom stereocenters. The second kappa shape index (κ2) is 48.2. The summed E-state index contributed by atoms with van der Waals surface area (Å²) in [4.78, 5) is 68.9. The number of carbonyl (C=O) groups excluding carboxylic acids is 5. The number of ether oxygens (including phenoxy) is 5. The zero-order valence-electron chi connectivity index (χ0n) is 62.6. The largest absolute Gasteiger partial charge is 0.494 e. The van der Waals surface area contributed by atoms with E-state index in [1.807, 2.05) is 130 Å². The van der Waals surface area contributed by atoms with Crippen LogP contribution in [0.5, 0.6) is 28.7 Å². The number of likely N-dealkylation sites (tertiary alicyclic amines) is 5. The van der Waals surface area contributed by atoms with Gasteiger partial charge >= 0.3 is 0 Å². The number of hydrogen-bond donors (Lipinski definition) is 0. The molecule has 15 nitrogen and oxygen atoms in total. The summed E-state index contributed by atoms with van der Waals surface area (Å²) in [7, 11) is 0. The van der Waals surface area contributed by atoms with Crippen LogP contribution in [0.3, 0.4) is 0 Å². The molecule has 0 spiro atoms. The van der Waals surface area contributed by atoms with E-state index in [1.54, 1.807) is 26.0 Å². The van der Waals surface area contributed by atoms with Gasteiger partial charge in [-0.15, -0.1) is 0 Å². The first kappa shape index (κ1) is 82.2. The molecule has 5 aromatic rings. The Balaban J connectivity index is 0.000000197. The van der Waals surface area contributed by atoms with Crippen LogP contribution in [0, 0.1) is 23.7 Å². The summed E-state index contributed by atoms with van der Waals surface area (Å²) in [6, 6.07) is 37.1. The van der Waals surface area contributed by atoms with E-state index in [1.165, 1.54) is 142 Å². The molecule has 0 radical (unpaired) electrons. The normalized spacial score (nSPS) is 17.8. The third-order valence-electron chi connectivity index (χ3n) is 19.3. The lowest BCUT2D eigenvalue weighted by molar-refractivity contribution is 0.0937. The predicted octanol–water partition coefficient (Wildman–Crippen LogP) is 17.1. The minimum atomic E-state index is 0.0429. The number of piperidine rings is 5. The number of rotatable bonds is 32. The van der Waals surface area contributed by atoms with Gasteiger partial charge in [-0.3, -0.25) is 24.0 Å². The standard InChI is InChI=1S/2C18H27NO2.2C17H25NO2.C15H21NO2/c1-14-11-15(2)13-19(12-14)9-4-10-21-18-7-5-17(6-8-18)16(3)20;1-15(2)18(20)16-7-9-17(10-8-16)21-14-6-13-19-11-4-3-5-12-19;1-14-8-11-18(12-9-14)10-3-13-20-17-6-4-16(5-7-17)15(2)19;1-2-17(19)15-7-9-16(10-8-15)20-14-6-13-18-11-4-3-5-12-18;17-13-14-5-7-15(8-6-14)18-12-4-11-16-9-2-1-3-10-16/h5-8,14-15H,4,9-13H2,1-3H3;7-10,15H,3-6,11-14H2,1-2H3;4-7,14H,3,8-13H2,1-2H3;7-10H,2-6,11-14H2,1H3;5-8,13H,1-4,9-12H2/t14-,15+;;;;. The summed E-state index contributed by atoms with van der Waals surface area (Å²) in [5.74, 6) is 7.37. The Morgan fingerprint density at radius 1 is 0.390 bits per heavy atom. The van der Waals surface area contributed by atoms with Crippen molar-refractivity contribution in [3.8, 4) is 28.7 Å². The van der Waals surface area contributed by atoms with Gasteiger partial charge in [0.1, 0.15) is 35.0 Å². The van der Waals surface area contributed by atoms with Gasteiger partial charge in [0.05, 0.1) is 33.0 Å². The highest BCUT2D eigenvalue weighted by Gasteiger charge is 2.22. The third kappa shape index (κ3) is 33.8. The fourth-order valence-electron chi connectivity index (χ4n) is 13.4. The molecule has 0 bridgehead atoms. The summed E-state index contributed by atoms with van der Waals surface area (Å²) >= 11 is 0. The molecule has 100 heavy (non-hydrogen) atoms. The molecule has 5 aliphatic rings. The van der Waals surface area contributed by atoms with E-state index < -0.39 is 0 Å². The number of Topliss-reactive ketones (excluding diaryl/α,β-unsaturated/α-hetero) is 4. The van der Waals surface area contributed by atoms with Gasteiger partial charge in [0, 0.05) is 86.0 Å². The number of hydrogen-bond acceptors (Lipinski definition) is 15. The van der Waals surface area contributed by atoms with E-state index in [2.05, 4.69) is 45.3 Å². The molecule has 5 fully saturated rings. The Hall–Kier alpha value is -6.75. The molecule has 0 amide bonds. The molecule has 5 heterocycles. The number of nitrogens with zero attached hydrogens (tertiary/aromatic N) is 5. The molecule has 550 valence electrons. The van der Waals surface area contributed by atoms with Crippen LogP contribution in [0.4, 0.5) is 0 Å². The quantitative estimate of drug-likeness (QED) is 0.0228. The van der Waals surface area contributed by atoms with Gasteiger partial charge in [0.2, 0.25) is 0 Å². The van der Waals surface area contributed by atoms with Crippen molar-refractivity contribution in [3.05, 3.63) is 149 Å². The average Bonchev–Trinajstić information content (AvgIpc) is 1.41. The summed E-state index contributed by atoms with van der Waals surface area (Å²) in [5.41, 5.74) is 3.70. The lowest BCUT2D eigenvalue weighted by Gasteiger charge is -2.34. The van der Waals surface area contributed by atoms with Gasteiger partial charge in [-0.05, 0) is 295 Å². The fraction of sp³-hybridized carbons (Fsp3) is 0.588. The van der Waals surface area contributed by atoms with Gasteiger partial charge in [0.15, 0.2) is 23.1 Å². The van der Waals surface area contributed by atoms with Crippen LogP contribution < -0.4 is 23.7 Å². The molecule has 10 rings (SSSR count). The van der Waals surface area contributed by atoms with E-state index >= 15 is 0 Å². The van der Waals surface area contributed by atoms with E-state index in [0.717, 1.165) is 173 Å². The Labute approximate surface area is 602 Å². The van der Waals surface area contributed by atoms with Gasteiger partial charge in [-0.1, -0.05) is 60.8 Å². The molecular formula is C85H125N5O10. The van der Waals surface area contributed by atoms with E-state index in [9.17, 15) is 24.0 Å². The van der Waals surface area contributed by atoms with Crippen LogP contribution in [-0.4, -0.2) is 185 Å². The third-order valence-corrected chi connectivity index (χ3v) is 19.3. The van der Waals surface area contributed by atoms with Crippen molar-refractivity contribution in [3.63, 3.8) is 0 Å². The zero-order chi connectivity index (χ0) is 71.5. The first-order valence-electron chi connectivity index (χ1n) is 38.3. The molecule has 5 saturated heterocycles. The number of carbonyl (C=O) groups is 5. The first-order valence-corrected chi connectivity index (χ1v) is 38.3. The minimum Gasteiger partial charge on any atom is -0.494 e. The lowest BCUT2D eigenvalue weighted by Crippen LogP contribution is -2.39. The molecule has 0 N–H and O–H groups in total. The van der Waals surface area contributed by atoms with Crippen LogP contribution in [0.15, 0.2) is 121 Å². The smallest absolute Gasteiger partial charge is 0.165 e. The summed E-state index contributed by atoms with van der Waals surface area (Å²) < 4.78 is 28.6. The summed E-state index contributed by atoms with van der Waals surface area (Å²) in [6.45, 7) is 37.6. The topological polar surface area (TPSA) is 148 Å². The average molecular weight is 1380 g/mol. The van der Waals surface area contributed by atoms with E-state index in [0.29, 0.717) is 12.0 Å². The van der Waals surface area contributed by atoms with E-state index in [4.69, 9.17) is 23.7 Å². The van der Waals surface area contributed by atoms with Crippen molar-refractivity contribution < 1.29 is 47.7 Å². The second-order valence-electron chi connectivity index (χ2n) is 28.6. The summed E-state index contributed by atoms with van der Waals surface area (Å²) in [5, 5.41) is 0. The van der Waals surface area contributed by atoms with Crippen LogP contribution in [0.1, 0.15) is 223 Å². The highest BCUT2D eigenvalue weighted by Crippen LogP contribution is 2.23. The predicted molar refractivity (Wildman–Crippen MR) is 407 cm³/mol. The Bertz CT molecular complexity index is 3010. The molecule has 5 aliphatic heterocycles. The van der Waals surface area contributed by atoms with Crippen LogP contribution in [0.2, 0.25) is 0 Å². The van der Waals surface area contributed by atoms with Crippen LogP contribution in [-0.2, 0) is 0 Å². The fourth-order valence-corrected chi connectivity index (χ4v) is 13.4. The van der Waals surface area contributed by atoms with Crippen LogP contribution in [0.25, 0.3) is 0 Å². The van der Waals surface area contributed by atoms with Crippen LogP contribution >= 0.6 is 0 Å². The van der Waals surface area contributed by atoms with Crippen molar-refractivity contribution in [1.82, 2.24) is 24.5 Å². The molecule has 15 heteroatoms. The maximum atomic E-state index is 11.8. The molecule has 0 unspecified atom stereocenters. The zero-order valence-corrected chi connectivity index (χ0v) is 62.6. The molecule has 0 aromatic heterocycles. The van der Waals surface area contributed by atoms with Crippen molar-refractivity contribution >= 4 is 29.4 Å². The Kier molecular flexibility index (Phi) is 39.6. The Morgan fingerprint density at radius 3 is 0.980 bits per heavy atom. The number of ketones is 4. The van der Waals surface area contributed by atoms with Crippen molar-refractivity contribution in [2.45, 2.75) is 171 Å². The molecular weight excluding hydrogens is 1250 g/mol. The van der Waals surface area contributed by atoms with Gasteiger partial charge in [-0.25, -0.2) is 0 Å². The maximum absolute atomic E-state index is 11.8. The van der Waals surface area contributed by atoms with E-state index in [-0.39, 0.29) is 29.1 Å². The summed E-state index contributed by atoms with van der Waals surface area (Å²) in [6.07, 6.45) is 22.9. The highest BCUT2D eigenvalue weighted by molar-refractivity contribution is 5.97. The SMILES string of the molecule is CC(=O)c1ccc(OCCCN2CCC(C)CC2)cc1.CC(=O)c1ccc(OCCCN2C[C@H](C)C[C@H](C)C2)cc1.CC(C)C(=O)c1ccc(OCCCN2CCCCC2)cc1.CCC(=O)c1ccc(OCCCN2CCCCC2)cc1.O=Cc1ccc(OCCCN2CCCCC2)cc1. The Morgan fingerprint density at radius 2 is 0.680 bits per heavy atom. The number of aldehydes is 1. The monoisotopic (exact) mass is 1380 g/mol. The highest BCUT2D eigenvalue weighted by atomic mass is 16.5. The lowest BCUT2D eigenvalue weighted by atomic mass is 9.92.